The van der Waals surface area contributed by atoms with E-state index < -0.39 is 11.2 Å². The molecule has 0 atom stereocenters. The molecule has 0 unspecified atom stereocenters. The van der Waals surface area contributed by atoms with Crippen molar-refractivity contribution < 1.29 is 14.3 Å². The number of benzene rings is 1. The van der Waals surface area contributed by atoms with Crippen molar-refractivity contribution in [3.8, 4) is 11.5 Å². The number of carbonyl (C=O) groups is 1. The van der Waals surface area contributed by atoms with Crippen molar-refractivity contribution in [1.29, 1.82) is 0 Å². The Balaban J connectivity index is 0.000000433. The maximum atomic E-state index is 12.2. The van der Waals surface area contributed by atoms with Crippen LogP contribution in [-0.2, 0) is 27.9 Å². The lowest BCUT2D eigenvalue weighted by Crippen LogP contribution is -2.33. The molecule has 1 aromatic carbocycles. The molecule has 0 radical (unpaired) electrons. The van der Waals surface area contributed by atoms with Gasteiger partial charge in [-0.2, -0.15) is 5.10 Å². The second-order valence-electron chi connectivity index (χ2n) is 14.7. The number of nitrogens with zero attached hydrogens (tertiary/aromatic N) is 6. The highest BCUT2D eigenvalue weighted by Crippen LogP contribution is 2.31. The van der Waals surface area contributed by atoms with Crippen molar-refractivity contribution in [2.75, 3.05) is 26.2 Å². The Kier molecular flexibility index (Phi) is 18.6. The highest BCUT2D eigenvalue weighted by Gasteiger charge is 2.26. The number of esters is 1. The van der Waals surface area contributed by atoms with Crippen LogP contribution < -0.4 is 5.56 Å². The number of imidazole rings is 1. The molecule has 10 nitrogen and oxygen atoms in total. The molecule has 53 heavy (non-hydrogen) atoms. The highest BCUT2D eigenvalue weighted by atomic mass is 16.6. The number of aromatic nitrogens is 5. The van der Waals surface area contributed by atoms with E-state index in [1.54, 1.807) is 7.05 Å². The van der Waals surface area contributed by atoms with Crippen LogP contribution >= 0.6 is 0 Å². The number of piperidine rings is 1. The quantitative estimate of drug-likeness (QED) is 0.141. The fraction of sp³-hybridized carbons (Fsp3) is 0.605. The minimum Gasteiger partial charge on any atom is -0.460 e. The molecule has 10 heteroatoms. The number of rotatable bonds is 11. The molecule has 0 spiro atoms. The van der Waals surface area contributed by atoms with Crippen LogP contribution in [0.15, 0.2) is 53.5 Å². The van der Waals surface area contributed by atoms with Gasteiger partial charge in [0.25, 0.3) is 5.56 Å². The molecule has 4 heterocycles. The first kappa shape index (κ1) is 45.3. The van der Waals surface area contributed by atoms with Gasteiger partial charge in [0.2, 0.25) is 0 Å². The van der Waals surface area contributed by atoms with Gasteiger partial charge in [-0.3, -0.25) is 14.6 Å². The van der Waals surface area contributed by atoms with Crippen molar-refractivity contribution >= 4 is 17.0 Å². The van der Waals surface area contributed by atoms with Crippen molar-refractivity contribution in [2.45, 2.75) is 139 Å². The van der Waals surface area contributed by atoms with Crippen LogP contribution in [0.4, 0.5) is 0 Å². The van der Waals surface area contributed by atoms with Crippen molar-refractivity contribution in [2.24, 2.45) is 7.05 Å². The summed E-state index contributed by atoms with van der Waals surface area (Å²) >= 11 is 0. The molecule has 1 fully saturated rings. The molecule has 0 N–H and O–H groups in total. The summed E-state index contributed by atoms with van der Waals surface area (Å²) in [5.74, 6) is 1.02. The number of aryl methyl sites for hydroxylation is 2. The van der Waals surface area contributed by atoms with E-state index in [1.165, 1.54) is 23.2 Å². The number of pyridine rings is 1. The van der Waals surface area contributed by atoms with Gasteiger partial charge in [0, 0.05) is 37.4 Å². The smallest absolute Gasteiger partial charge is 0.309 e. The number of hydrogen-bond donors (Lipinski definition) is 0. The van der Waals surface area contributed by atoms with E-state index in [0.717, 1.165) is 54.9 Å². The molecule has 3 aromatic heterocycles. The third kappa shape index (κ3) is 14.1. The van der Waals surface area contributed by atoms with Crippen molar-refractivity contribution in [1.82, 2.24) is 29.2 Å². The van der Waals surface area contributed by atoms with Gasteiger partial charge in [0.15, 0.2) is 5.82 Å². The summed E-state index contributed by atoms with van der Waals surface area (Å²) in [5, 5.41) is 4.53. The monoisotopic (exact) mass is 733 g/mol. The fourth-order valence-corrected chi connectivity index (χ4v) is 6.18. The van der Waals surface area contributed by atoms with Crippen LogP contribution in [0.5, 0.6) is 0 Å². The Labute approximate surface area is 319 Å². The molecule has 1 aliphatic heterocycles. The van der Waals surface area contributed by atoms with Gasteiger partial charge in [-0.25, -0.2) is 9.67 Å². The summed E-state index contributed by atoms with van der Waals surface area (Å²) < 4.78 is 14.4. The molecular weight excluding hydrogens is 665 g/mol. The summed E-state index contributed by atoms with van der Waals surface area (Å²) in [7, 11) is 1.69. The maximum Gasteiger partial charge on any atom is 0.309 e. The van der Waals surface area contributed by atoms with Gasteiger partial charge in [-0.05, 0) is 105 Å². The lowest BCUT2D eigenvalue weighted by atomic mass is 9.93. The predicted molar refractivity (Wildman–Crippen MR) is 218 cm³/mol. The molecule has 0 bridgehead atoms. The average Bonchev–Trinajstić information content (AvgIpc) is 3.48. The average molecular weight is 733 g/mol. The van der Waals surface area contributed by atoms with E-state index in [0.29, 0.717) is 36.7 Å². The Hall–Kier alpha value is -3.89. The van der Waals surface area contributed by atoms with Gasteiger partial charge in [0.05, 0.1) is 23.7 Å². The van der Waals surface area contributed by atoms with Crippen LogP contribution in [0.3, 0.4) is 0 Å². The normalized spacial score (nSPS) is 13.6. The van der Waals surface area contributed by atoms with Crippen LogP contribution in [0, 0.1) is 6.92 Å². The van der Waals surface area contributed by atoms with E-state index in [4.69, 9.17) is 19.4 Å². The molecular formula is C43H68N6O4. The first-order chi connectivity index (χ1) is 25.2. The van der Waals surface area contributed by atoms with Crippen molar-refractivity contribution in [3.05, 3.63) is 75.8 Å². The van der Waals surface area contributed by atoms with Crippen LogP contribution in [-0.4, -0.2) is 72.6 Å². The zero-order chi connectivity index (χ0) is 39.8. The second kappa shape index (κ2) is 21.7. The van der Waals surface area contributed by atoms with Crippen LogP contribution in [0.1, 0.15) is 131 Å². The van der Waals surface area contributed by atoms with Gasteiger partial charge in [-0.1, -0.05) is 71.9 Å². The zero-order valence-electron chi connectivity index (χ0n) is 35.1. The molecule has 5 rings (SSSR count). The molecule has 0 saturated carbocycles. The number of fused-ring (bicyclic) bond motifs is 1. The van der Waals surface area contributed by atoms with E-state index in [-0.39, 0.29) is 11.5 Å². The third-order valence-electron chi connectivity index (χ3n) is 8.54. The Morgan fingerprint density at radius 2 is 1.58 bits per heavy atom. The van der Waals surface area contributed by atoms with Gasteiger partial charge >= 0.3 is 5.97 Å². The first-order valence-electron chi connectivity index (χ1n) is 19.7. The number of likely N-dealkylation sites (tertiary alicyclic amines) is 1. The SMILES string of the molecule is CC.CC.CCCN1CCC(c2cc3c(cn2)nc(-c2cc(C)c(=O)n(C)n2)n3Cc2ccccc2)CC1.CCCOC(C)(C)CC(=O)OC(C)(C)C. The maximum absolute atomic E-state index is 12.2. The lowest BCUT2D eigenvalue weighted by molar-refractivity contribution is -0.161. The van der Waals surface area contributed by atoms with Gasteiger partial charge < -0.3 is 18.9 Å². The Morgan fingerprint density at radius 3 is 2.15 bits per heavy atom. The second-order valence-corrected chi connectivity index (χ2v) is 14.7. The van der Waals surface area contributed by atoms with E-state index in [1.807, 2.05) is 94.5 Å². The molecule has 1 saturated heterocycles. The summed E-state index contributed by atoms with van der Waals surface area (Å²) in [4.78, 5) is 36.1. The molecule has 4 aromatic rings. The van der Waals surface area contributed by atoms with E-state index >= 15 is 0 Å². The minimum atomic E-state index is -0.432. The molecule has 0 amide bonds. The molecule has 294 valence electrons. The molecule has 0 aliphatic carbocycles. The topological polar surface area (TPSA) is 104 Å². The van der Waals surface area contributed by atoms with Crippen molar-refractivity contribution in [3.63, 3.8) is 0 Å². The standard InChI is InChI=1S/C27H32N6O.C12H24O3.2C2H6/c1-4-12-32-13-10-21(11-14-32)22-16-25-24(17-28-22)29-26(23-15-19(2)27(34)31(3)30-23)33(25)18-20-8-6-5-7-9-20;1-7-8-14-12(5,6)9-10(13)15-11(2,3)4;2*1-2/h5-9,15-17,21H,4,10-14,18H2,1-3H3;7-9H2,1-6H3;2*1-2H3. The number of ether oxygens (including phenoxy) is 2. The van der Waals surface area contributed by atoms with Crippen LogP contribution in [0.2, 0.25) is 0 Å². The largest absolute Gasteiger partial charge is 0.460 e. The predicted octanol–water partition coefficient (Wildman–Crippen LogP) is 9.11. The summed E-state index contributed by atoms with van der Waals surface area (Å²) in [5.41, 5.74) is 4.66. The lowest BCUT2D eigenvalue weighted by Gasteiger charge is -2.31. The Morgan fingerprint density at radius 1 is 0.943 bits per heavy atom. The highest BCUT2D eigenvalue weighted by molar-refractivity contribution is 5.80. The fourth-order valence-electron chi connectivity index (χ4n) is 6.18. The van der Waals surface area contributed by atoms with Gasteiger partial charge in [0.1, 0.15) is 16.8 Å². The summed E-state index contributed by atoms with van der Waals surface area (Å²) in [6, 6.07) is 14.5. The zero-order valence-corrected chi connectivity index (χ0v) is 35.1. The van der Waals surface area contributed by atoms with E-state index in [9.17, 15) is 9.59 Å². The Bertz CT molecular complexity index is 1710. The number of carbonyl (C=O) groups excluding carboxylic acids is 1. The summed E-state index contributed by atoms with van der Waals surface area (Å²) in [6.45, 7) is 28.3. The van der Waals surface area contributed by atoms with Gasteiger partial charge in [-0.15, -0.1) is 0 Å². The van der Waals surface area contributed by atoms with Crippen LogP contribution in [0.25, 0.3) is 22.6 Å². The molecule has 1 aliphatic rings. The minimum absolute atomic E-state index is 0.0900. The van der Waals surface area contributed by atoms with E-state index in [2.05, 4.69) is 51.8 Å². The third-order valence-corrected chi connectivity index (χ3v) is 8.54. The first-order valence-corrected chi connectivity index (χ1v) is 19.7. The number of hydrogen-bond acceptors (Lipinski definition) is 8. The summed E-state index contributed by atoms with van der Waals surface area (Å²) in [6.07, 6.45) is 6.64.